The summed E-state index contributed by atoms with van der Waals surface area (Å²) in [6.45, 7) is 1.45. The third-order valence-electron chi connectivity index (χ3n) is 4.01. The van der Waals surface area contributed by atoms with Crippen LogP contribution in [0.1, 0.15) is 19.3 Å². The van der Waals surface area contributed by atoms with Gasteiger partial charge < -0.3 is 18.8 Å². The highest BCUT2D eigenvalue weighted by Gasteiger charge is 2.25. The van der Waals surface area contributed by atoms with Crippen molar-refractivity contribution in [1.82, 2.24) is 9.55 Å². The van der Waals surface area contributed by atoms with Crippen LogP contribution < -0.4 is 9.47 Å². The van der Waals surface area contributed by atoms with Crippen LogP contribution >= 0.6 is 24.0 Å². The normalized spacial score (nSPS) is 19.8. The molecule has 0 saturated carbocycles. The van der Waals surface area contributed by atoms with Crippen molar-refractivity contribution in [2.75, 3.05) is 13.7 Å². The van der Waals surface area contributed by atoms with Crippen molar-refractivity contribution in [3.63, 3.8) is 0 Å². The Hall–Kier alpha value is -1.43. The molecule has 5 nitrogen and oxygen atoms in total. The van der Waals surface area contributed by atoms with E-state index in [2.05, 4.69) is 9.55 Å². The van der Waals surface area contributed by atoms with Crippen molar-refractivity contribution in [1.29, 1.82) is 0 Å². The molecule has 7 heteroatoms. The molecule has 24 heavy (non-hydrogen) atoms. The van der Waals surface area contributed by atoms with Crippen molar-refractivity contribution >= 4 is 24.0 Å². The molecular weight excluding hydrogens is 351 g/mol. The molecule has 1 aliphatic rings. The number of ether oxygens (including phenoxy) is 3. The molecule has 1 aromatic carbocycles. The Balaban J connectivity index is 0.00000208. The average molecular weight is 373 g/mol. The number of hydrogen-bond acceptors (Lipinski definition) is 4. The van der Waals surface area contributed by atoms with Gasteiger partial charge in [-0.3, -0.25) is 0 Å². The second-order valence-corrected chi connectivity index (χ2v) is 6.06. The number of halogens is 2. The fourth-order valence-electron chi connectivity index (χ4n) is 2.78. The van der Waals surface area contributed by atoms with Crippen LogP contribution in [0.5, 0.6) is 11.5 Å². The highest BCUT2D eigenvalue weighted by Crippen LogP contribution is 2.29. The van der Waals surface area contributed by atoms with E-state index < -0.39 is 0 Å². The van der Waals surface area contributed by atoms with Gasteiger partial charge in [0.1, 0.15) is 11.5 Å². The zero-order valence-electron chi connectivity index (χ0n) is 13.6. The highest BCUT2D eigenvalue weighted by molar-refractivity contribution is 6.32. The van der Waals surface area contributed by atoms with Crippen molar-refractivity contribution in [3.8, 4) is 11.5 Å². The van der Waals surface area contributed by atoms with E-state index in [1.807, 2.05) is 24.7 Å². The van der Waals surface area contributed by atoms with Crippen LogP contribution in [0.2, 0.25) is 5.02 Å². The van der Waals surface area contributed by atoms with Crippen LogP contribution in [-0.2, 0) is 11.3 Å². The monoisotopic (exact) mass is 372 g/mol. The SMILES string of the molecule is COc1ccc(OCCC2CC[C@@H](Cn3ccnc3)O2)c(Cl)c1.Cl. The third kappa shape index (κ3) is 5.03. The van der Waals surface area contributed by atoms with E-state index >= 15 is 0 Å². The molecule has 0 aliphatic carbocycles. The maximum atomic E-state index is 6.16. The van der Waals surface area contributed by atoms with E-state index in [9.17, 15) is 0 Å². The fourth-order valence-corrected chi connectivity index (χ4v) is 3.01. The second-order valence-electron chi connectivity index (χ2n) is 5.65. The van der Waals surface area contributed by atoms with Crippen LogP contribution in [0.25, 0.3) is 0 Å². The van der Waals surface area contributed by atoms with E-state index in [1.165, 1.54) is 0 Å². The number of hydrogen-bond donors (Lipinski definition) is 0. The number of nitrogens with zero attached hydrogens (tertiary/aromatic N) is 2. The number of rotatable bonds is 7. The van der Waals surface area contributed by atoms with Crippen LogP contribution in [0.15, 0.2) is 36.9 Å². The Morgan fingerprint density at radius 1 is 1.33 bits per heavy atom. The van der Waals surface area contributed by atoms with Crippen LogP contribution in [0.3, 0.4) is 0 Å². The Morgan fingerprint density at radius 3 is 2.88 bits per heavy atom. The zero-order valence-corrected chi connectivity index (χ0v) is 15.1. The van der Waals surface area contributed by atoms with Crippen molar-refractivity contribution in [3.05, 3.63) is 41.9 Å². The lowest BCUT2D eigenvalue weighted by Gasteiger charge is -2.15. The van der Waals surface area contributed by atoms with Gasteiger partial charge in [-0.2, -0.15) is 0 Å². The average Bonchev–Trinajstić information content (AvgIpc) is 3.21. The van der Waals surface area contributed by atoms with Gasteiger partial charge in [-0.1, -0.05) is 11.6 Å². The van der Waals surface area contributed by atoms with E-state index in [4.69, 9.17) is 25.8 Å². The molecule has 132 valence electrons. The predicted molar refractivity (Wildman–Crippen MR) is 95.5 cm³/mol. The maximum absolute atomic E-state index is 6.16. The van der Waals surface area contributed by atoms with Crippen molar-refractivity contribution < 1.29 is 14.2 Å². The van der Waals surface area contributed by atoms with E-state index in [0.717, 1.165) is 31.6 Å². The standard InChI is InChI=1S/C17H21ClN2O3.ClH/c1-21-14-4-5-17(16(18)10-14)22-9-6-13-2-3-15(23-13)11-20-8-7-19-12-20;/h4-5,7-8,10,12-13,15H,2-3,6,9,11H2,1H3;1H/t13?,15-;/m0./s1. The van der Waals surface area contributed by atoms with Gasteiger partial charge in [0, 0.05) is 31.4 Å². The molecule has 0 spiro atoms. The van der Waals surface area contributed by atoms with E-state index in [-0.39, 0.29) is 24.6 Å². The minimum Gasteiger partial charge on any atom is -0.497 e. The summed E-state index contributed by atoms with van der Waals surface area (Å²) < 4.78 is 19.0. The number of benzene rings is 1. The first kappa shape index (κ1) is 18.9. The Labute approximate surface area is 153 Å². The molecule has 1 aliphatic heterocycles. The molecule has 2 aromatic rings. The molecule has 1 aromatic heterocycles. The van der Waals surface area contributed by atoms with Crippen molar-refractivity contribution in [2.24, 2.45) is 0 Å². The molecule has 0 bridgehead atoms. The van der Waals surface area contributed by atoms with Crippen molar-refractivity contribution in [2.45, 2.75) is 38.0 Å². The highest BCUT2D eigenvalue weighted by atomic mass is 35.5. The van der Waals surface area contributed by atoms with Crippen LogP contribution in [0.4, 0.5) is 0 Å². The molecule has 3 rings (SSSR count). The summed E-state index contributed by atoms with van der Waals surface area (Å²) >= 11 is 6.16. The van der Waals surface area contributed by atoms with Gasteiger partial charge in [0.15, 0.2) is 0 Å². The minimum atomic E-state index is 0. The molecule has 1 fully saturated rings. The summed E-state index contributed by atoms with van der Waals surface area (Å²) in [4.78, 5) is 4.05. The first-order valence-electron chi connectivity index (χ1n) is 7.82. The van der Waals surface area contributed by atoms with Gasteiger partial charge >= 0.3 is 0 Å². The summed E-state index contributed by atoms with van der Waals surface area (Å²) in [7, 11) is 1.61. The number of aromatic nitrogens is 2. The Kier molecular flexibility index (Phi) is 7.21. The number of methoxy groups -OCH3 is 1. The molecule has 0 radical (unpaired) electrons. The molecule has 2 atom stereocenters. The quantitative estimate of drug-likeness (QED) is 0.737. The molecule has 0 N–H and O–H groups in total. The van der Waals surface area contributed by atoms with Gasteiger partial charge in [0.2, 0.25) is 0 Å². The molecule has 2 heterocycles. The first-order valence-corrected chi connectivity index (χ1v) is 8.20. The molecule has 1 saturated heterocycles. The lowest BCUT2D eigenvalue weighted by atomic mass is 10.1. The second kappa shape index (κ2) is 9.16. The maximum Gasteiger partial charge on any atom is 0.138 e. The topological polar surface area (TPSA) is 45.5 Å². The predicted octanol–water partition coefficient (Wildman–Crippen LogP) is 3.98. The molecule has 1 unspecified atom stereocenters. The number of imidazole rings is 1. The van der Waals surface area contributed by atoms with E-state index in [1.54, 1.807) is 19.4 Å². The minimum absolute atomic E-state index is 0. The van der Waals surface area contributed by atoms with Gasteiger partial charge in [-0.15, -0.1) is 12.4 Å². The summed E-state index contributed by atoms with van der Waals surface area (Å²) in [6, 6.07) is 5.43. The molecule has 0 amide bonds. The fraction of sp³-hybridized carbons (Fsp3) is 0.471. The van der Waals surface area contributed by atoms with Crippen LogP contribution in [0, 0.1) is 0 Å². The lowest BCUT2D eigenvalue weighted by Crippen LogP contribution is -2.18. The summed E-state index contributed by atoms with van der Waals surface area (Å²) in [6.07, 6.45) is 9.10. The smallest absolute Gasteiger partial charge is 0.138 e. The van der Waals surface area contributed by atoms with Gasteiger partial charge in [0.25, 0.3) is 0 Å². The third-order valence-corrected chi connectivity index (χ3v) is 4.30. The lowest BCUT2D eigenvalue weighted by molar-refractivity contribution is 0.0247. The summed E-state index contributed by atoms with van der Waals surface area (Å²) in [5.41, 5.74) is 0. The summed E-state index contributed by atoms with van der Waals surface area (Å²) in [5, 5.41) is 0.565. The van der Waals surface area contributed by atoms with E-state index in [0.29, 0.717) is 17.4 Å². The zero-order chi connectivity index (χ0) is 16.1. The Morgan fingerprint density at radius 2 is 2.17 bits per heavy atom. The van der Waals surface area contributed by atoms with Gasteiger partial charge in [0.05, 0.1) is 37.3 Å². The largest absolute Gasteiger partial charge is 0.497 e. The molecular formula is C17H22Cl2N2O3. The van der Waals surface area contributed by atoms with Gasteiger partial charge in [-0.25, -0.2) is 4.98 Å². The summed E-state index contributed by atoms with van der Waals surface area (Å²) in [5.74, 6) is 1.41. The Bertz CT molecular complexity index is 622. The van der Waals surface area contributed by atoms with Gasteiger partial charge in [-0.05, 0) is 25.0 Å². The van der Waals surface area contributed by atoms with Crippen LogP contribution in [-0.4, -0.2) is 35.5 Å². The first-order chi connectivity index (χ1) is 11.2.